The SMILES string of the molecule is Cc1ccc(CCC(=O)CNC(C)C)c(C)c1. The fraction of sp³-hybridized carbons (Fsp3) is 0.533. The van der Waals surface area contributed by atoms with E-state index in [0.29, 0.717) is 24.8 Å². The van der Waals surface area contributed by atoms with Crippen molar-refractivity contribution in [1.82, 2.24) is 5.32 Å². The second kappa shape index (κ2) is 6.55. The molecule has 0 amide bonds. The van der Waals surface area contributed by atoms with Crippen molar-refractivity contribution in [3.05, 3.63) is 34.9 Å². The van der Waals surface area contributed by atoms with Crippen molar-refractivity contribution in [3.63, 3.8) is 0 Å². The molecule has 2 nitrogen and oxygen atoms in total. The van der Waals surface area contributed by atoms with E-state index in [9.17, 15) is 4.79 Å². The Morgan fingerprint density at radius 3 is 2.59 bits per heavy atom. The fourth-order valence-corrected chi connectivity index (χ4v) is 1.81. The molecule has 0 aliphatic rings. The summed E-state index contributed by atoms with van der Waals surface area (Å²) in [6.45, 7) is 8.80. The van der Waals surface area contributed by atoms with Crippen molar-refractivity contribution in [2.45, 2.75) is 46.6 Å². The molecule has 1 aromatic rings. The van der Waals surface area contributed by atoms with Crippen LogP contribution in [0, 0.1) is 13.8 Å². The Bertz CT molecular complexity index is 383. The highest BCUT2D eigenvalue weighted by molar-refractivity contribution is 5.80. The molecule has 1 aromatic carbocycles. The van der Waals surface area contributed by atoms with Crippen LogP contribution < -0.4 is 5.32 Å². The summed E-state index contributed by atoms with van der Waals surface area (Å²) in [5.41, 5.74) is 3.85. The Kier molecular flexibility index (Phi) is 5.36. The van der Waals surface area contributed by atoms with Crippen LogP contribution in [0.2, 0.25) is 0 Å². The summed E-state index contributed by atoms with van der Waals surface area (Å²) in [5, 5.41) is 3.16. The molecule has 0 bridgehead atoms. The molecule has 0 saturated carbocycles. The first-order chi connectivity index (χ1) is 7.99. The zero-order valence-electron chi connectivity index (χ0n) is 11.3. The molecule has 94 valence electrons. The number of hydrogen-bond donors (Lipinski definition) is 1. The van der Waals surface area contributed by atoms with Crippen molar-refractivity contribution in [2.24, 2.45) is 0 Å². The number of rotatable bonds is 6. The maximum absolute atomic E-state index is 11.6. The second-order valence-electron chi connectivity index (χ2n) is 5.00. The summed E-state index contributed by atoms with van der Waals surface area (Å²) < 4.78 is 0. The lowest BCUT2D eigenvalue weighted by Gasteiger charge is -2.08. The average Bonchev–Trinajstić information content (AvgIpc) is 2.25. The van der Waals surface area contributed by atoms with Crippen LogP contribution in [0.25, 0.3) is 0 Å². The van der Waals surface area contributed by atoms with Crippen molar-refractivity contribution in [1.29, 1.82) is 0 Å². The third-order valence-electron chi connectivity index (χ3n) is 2.88. The number of hydrogen-bond acceptors (Lipinski definition) is 2. The molecule has 0 atom stereocenters. The summed E-state index contributed by atoms with van der Waals surface area (Å²) in [6.07, 6.45) is 1.48. The molecule has 0 radical (unpaired) electrons. The number of Topliss-reactive ketones (excluding diaryl/α,β-unsaturated/α-hetero) is 1. The fourth-order valence-electron chi connectivity index (χ4n) is 1.81. The first-order valence-electron chi connectivity index (χ1n) is 6.30. The first kappa shape index (κ1) is 13.9. The van der Waals surface area contributed by atoms with Crippen LogP contribution in [0.4, 0.5) is 0 Å². The number of ketones is 1. The number of nitrogens with one attached hydrogen (secondary N) is 1. The van der Waals surface area contributed by atoms with Crippen LogP contribution in [0.1, 0.15) is 37.0 Å². The van der Waals surface area contributed by atoms with E-state index in [2.05, 4.69) is 51.2 Å². The molecule has 1 N–H and O–H groups in total. The number of aryl methyl sites for hydroxylation is 3. The molecule has 0 heterocycles. The topological polar surface area (TPSA) is 29.1 Å². The number of benzene rings is 1. The summed E-state index contributed by atoms with van der Waals surface area (Å²) in [4.78, 5) is 11.6. The van der Waals surface area contributed by atoms with Crippen LogP contribution in [0.5, 0.6) is 0 Å². The zero-order valence-corrected chi connectivity index (χ0v) is 11.3. The monoisotopic (exact) mass is 233 g/mol. The molecular formula is C15H23NO. The minimum Gasteiger partial charge on any atom is -0.308 e. The summed E-state index contributed by atoms with van der Waals surface area (Å²) >= 11 is 0. The summed E-state index contributed by atoms with van der Waals surface area (Å²) in [5.74, 6) is 0.290. The van der Waals surface area contributed by atoms with Crippen molar-refractivity contribution < 1.29 is 4.79 Å². The van der Waals surface area contributed by atoms with E-state index in [-0.39, 0.29) is 0 Å². The van der Waals surface area contributed by atoms with Gasteiger partial charge in [0.2, 0.25) is 0 Å². The van der Waals surface area contributed by atoms with E-state index in [1.807, 2.05) is 0 Å². The molecular weight excluding hydrogens is 210 g/mol. The Morgan fingerprint density at radius 1 is 1.29 bits per heavy atom. The maximum atomic E-state index is 11.6. The average molecular weight is 233 g/mol. The Labute approximate surface area is 104 Å². The third kappa shape index (κ3) is 5.14. The molecule has 0 saturated heterocycles. The maximum Gasteiger partial charge on any atom is 0.146 e. The van der Waals surface area contributed by atoms with Crippen LogP contribution in [0.3, 0.4) is 0 Å². The second-order valence-corrected chi connectivity index (χ2v) is 5.00. The Morgan fingerprint density at radius 2 is 2.00 bits per heavy atom. The standard InChI is InChI=1S/C15H23NO/c1-11(2)16-10-15(17)8-7-14-6-5-12(3)9-13(14)4/h5-6,9,11,16H,7-8,10H2,1-4H3. The van der Waals surface area contributed by atoms with Gasteiger partial charge in [-0.2, -0.15) is 0 Å². The molecule has 2 heteroatoms. The molecule has 17 heavy (non-hydrogen) atoms. The Balaban J connectivity index is 2.42. The molecule has 0 aliphatic carbocycles. The predicted octanol–water partition coefficient (Wildman–Crippen LogP) is 2.80. The van der Waals surface area contributed by atoms with E-state index < -0.39 is 0 Å². The lowest BCUT2D eigenvalue weighted by atomic mass is 10.0. The first-order valence-corrected chi connectivity index (χ1v) is 6.30. The van der Waals surface area contributed by atoms with Gasteiger partial charge < -0.3 is 5.32 Å². The smallest absolute Gasteiger partial charge is 0.146 e. The minimum atomic E-state index is 0.290. The van der Waals surface area contributed by atoms with Gasteiger partial charge in [-0.05, 0) is 31.4 Å². The van der Waals surface area contributed by atoms with Gasteiger partial charge in [-0.1, -0.05) is 37.6 Å². The molecule has 0 fully saturated rings. The van der Waals surface area contributed by atoms with E-state index in [0.717, 1.165) is 6.42 Å². The van der Waals surface area contributed by atoms with E-state index in [4.69, 9.17) is 0 Å². The normalized spacial score (nSPS) is 10.9. The highest BCUT2D eigenvalue weighted by Crippen LogP contribution is 2.12. The van der Waals surface area contributed by atoms with Gasteiger partial charge in [-0.15, -0.1) is 0 Å². The third-order valence-corrected chi connectivity index (χ3v) is 2.88. The lowest BCUT2D eigenvalue weighted by molar-refractivity contribution is -0.118. The van der Waals surface area contributed by atoms with Gasteiger partial charge in [0.1, 0.15) is 5.78 Å². The van der Waals surface area contributed by atoms with Crippen molar-refractivity contribution >= 4 is 5.78 Å². The molecule has 0 aromatic heterocycles. The minimum absolute atomic E-state index is 0.290. The van der Waals surface area contributed by atoms with Gasteiger partial charge >= 0.3 is 0 Å². The van der Waals surface area contributed by atoms with Gasteiger partial charge in [0.15, 0.2) is 0 Å². The summed E-state index contributed by atoms with van der Waals surface area (Å²) in [6, 6.07) is 6.79. The highest BCUT2D eigenvalue weighted by Gasteiger charge is 2.05. The van der Waals surface area contributed by atoms with Crippen molar-refractivity contribution in [3.8, 4) is 0 Å². The molecule has 1 rings (SSSR count). The van der Waals surface area contributed by atoms with E-state index in [1.54, 1.807) is 0 Å². The van der Waals surface area contributed by atoms with E-state index >= 15 is 0 Å². The van der Waals surface area contributed by atoms with Gasteiger partial charge in [0.25, 0.3) is 0 Å². The number of carbonyl (C=O) groups excluding carboxylic acids is 1. The predicted molar refractivity (Wildman–Crippen MR) is 72.4 cm³/mol. The zero-order chi connectivity index (χ0) is 12.8. The van der Waals surface area contributed by atoms with Gasteiger partial charge in [-0.25, -0.2) is 0 Å². The Hall–Kier alpha value is -1.15. The van der Waals surface area contributed by atoms with Crippen molar-refractivity contribution in [2.75, 3.05) is 6.54 Å². The van der Waals surface area contributed by atoms with Crippen LogP contribution in [-0.2, 0) is 11.2 Å². The largest absolute Gasteiger partial charge is 0.308 e. The lowest BCUT2D eigenvalue weighted by Crippen LogP contribution is -2.29. The highest BCUT2D eigenvalue weighted by atomic mass is 16.1. The summed E-state index contributed by atoms with van der Waals surface area (Å²) in [7, 11) is 0. The van der Waals surface area contributed by atoms with Gasteiger partial charge in [0.05, 0.1) is 6.54 Å². The van der Waals surface area contributed by atoms with E-state index in [1.165, 1.54) is 16.7 Å². The van der Waals surface area contributed by atoms with Crippen LogP contribution in [0.15, 0.2) is 18.2 Å². The molecule has 0 spiro atoms. The number of carbonyl (C=O) groups is 1. The molecule has 0 aliphatic heterocycles. The molecule has 0 unspecified atom stereocenters. The van der Waals surface area contributed by atoms with Gasteiger partial charge in [-0.3, -0.25) is 4.79 Å². The van der Waals surface area contributed by atoms with Gasteiger partial charge in [0, 0.05) is 12.5 Å². The quantitative estimate of drug-likeness (QED) is 0.818. The van der Waals surface area contributed by atoms with Crippen LogP contribution >= 0.6 is 0 Å². The van der Waals surface area contributed by atoms with Crippen LogP contribution in [-0.4, -0.2) is 18.4 Å².